The highest BCUT2D eigenvalue weighted by atomic mass is 16.6. The van der Waals surface area contributed by atoms with Crippen LogP contribution in [0.25, 0.3) is 0 Å². The van der Waals surface area contributed by atoms with Crippen LogP contribution in [0.2, 0.25) is 0 Å². The fourth-order valence-corrected chi connectivity index (χ4v) is 3.00. The quantitative estimate of drug-likeness (QED) is 0.721. The summed E-state index contributed by atoms with van der Waals surface area (Å²) in [4.78, 5) is 23.6. The van der Waals surface area contributed by atoms with Crippen LogP contribution in [0.4, 0.5) is 4.79 Å². The maximum absolute atomic E-state index is 11.9. The first-order valence-corrected chi connectivity index (χ1v) is 8.09. The smallest absolute Gasteiger partial charge is 0.408 e. The molecule has 0 radical (unpaired) electrons. The van der Waals surface area contributed by atoms with Crippen molar-refractivity contribution in [1.29, 1.82) is 0 Å². The standard InChI is InChI=1S/C17H34N2O3/c1-12(2)9-16(5,6)18-14(20)11-22-15(21)19-17(7,8)10-13(3)4/h12-13H,9-11H2,1-8H3,(H,18,20)(H,19,21). The molecule has 2 N–H and O–H groups in total. The van der Waals surface area contributed by atoms with Crippen LogP contribution < -0.4 is 10.6 Å². The highest BCUT2D eigenvalue weighted by molar-refractivity contribution is 5.80. The van der Waals surface area contributed by atoms with Crippen LogP contribution in [0, 0.1) is 11.8 Å². The molecule has 0 spiro atoms. The molecule has 0 bridgehead atoms. The predicted molar refractivity (Wildman–Crippen MR) is 89.7 cm³/mol. The van der Waals surface area contributed by atoms with Crippen molar-refractivity contribution >= 4 is 12.0 Å². The SMILES string of the molecule is CC(C)CC(C)(C)NC(=O)COC(=O)NC(C)(C)CC(C)C. The summed E-state index contributed by atoms with van der Waals surface area (Å²) in [6.45, 7) is 16.0. The number of hydrogen-bond acceptors (Lipinski definition) is 3. The third-order valence-electron chi connectivity index (χ3n) is 3.09. The average molecular weight is 314 g/mol. The monoisotopic (exact) mass is 314 g/mol. The van der Waals surface area contributed by atoms with E-state index in [0.717, 1.165) is 12.8 Å². The van der Waals surface area contributed by atoms with Gasteiger partial charge in [0.1, 0.15) is 0 Å². The summed E-state index contributed by atoms with van der Waals surface area (Å²) < 4.78 is 5.01. The molecule has 0 aliphatic heterocycles. The van der Waals surface area contributed by atoms with Crippen molar-refractivity contribution in [2.75, 3.05) is 6.61 Å². The molecule has 0 rings (SSSR count). The van der Waals surface area contributed by atoms with E-state index >= 15 is 0 Å². The zero-order valence-electron chi connectivity index (χ0n) is 15.5. The molecular formula is C17H34N2O3. The lowest BCUT2D eigenvalue weighted by atomic mass is 9.93. The second kappa shape index (κ2) is 8.39. The Morgan fingerprint density at radius 1 is 0.864 bits per heavy atom. The van der Waals surface area contributed by atoms with E-state index in [4.69, 9.17) is 4.74 Å². The third kappa shape index (κ3) is 10.5. The first kappa shape index (κ1) is 20.7. The zero-order valence-corrected chi connectivity index (χ0v) is 15.5. The van der Waals surface area contributed by atoms with Crippen LogP contribution >= 0.6 is 0 Å². The van der Waals surface area contributed by atoms with Crippen molar-refractivity contribution in [3.63, 3.8) is 0 Å². The Morgan fingerprint density at radius 3 is 1.68 bits per heavy atom. The van der Waals surface area contributed by atoms with E-state index in [0.29, 0.717) is 11.8 Å². The summed E-state index contributed by atoms with van der Waals surface area (Å²) >= 11 is 0. The molecule has 2 amide bonds. The van der Waals surface area contributed by atoms with Gasteiger partial charge in [0.05, 0.1) is 0 Å². The lowest BCUT2D eigenvalue weighted by Gasteiger charge is -2.29. The second-order valence-electron chi connectivity index (χ2n) is 8.21. The molecule has 0 aromatic rings. The Morgan fingerprint density at radius 2 is 1.27 bits per heavy atom. The normalized spacial score (nSPS) is 12.5. The van der Waals surface area contributed by atoms with E-state index in [1.165, 1.54) is 0 Å². The van der Waals surface area contributed by atoms with Gasteiger partial charge in [-0.1, -0.05) is 27.7 Å². The van der Waals surface area contributed by atoms with E-state index < -0.39 is 6.09 Å². The Kier molecular flexibility index (Phi) is 7.91. The molecule has 0 heterocycles. The van der Waals surface area contributed by atoms with Gasteiger partial charge in [-0.25, -0.2) is 4.79 Å². The van der Waals surface area contributed by atoms with Crippen molar-refractivity contribution in [1.82, 2.24) is 10.6 Å². The summed E-state index contributed by atoms with van der Waals surface area (Å²) in [5.74, 6) is 0.675. The minimum atomic E-state index is -0.553. The van der Waals surface area contributed by atoms with E-state index in [-0.39, 0.29) is 23.6 Å². The lowest BCUT2D eigenvalue weighted by Crippen LogP contribution is -2.48. The minimum Gasteiger partial charge on any atom is -0.439 e. The molecule has 0 atom stereocenters. The summed E-state index contributed by atoms with van der Waals surface area (Å²) in [5.41, 5.74) is -0.652. The first-order chi connectivity index (χ1) is 9.83. The second-order valence-corrected chi connectivity index (χ2v) is 8.21. The van der Waals surface area contributed by atoms with Crippen molar-refractivity contribution < 1.29 is 14.3 Å². The summed E-state index contributed by atoms with van der Waals surface area (Å²) in [6, 6.07) is 0. The largest absolute Gasteiger partial charge is 0.439 e. The highest BCUT2D eigenvalue weighted by Crippen LogP contribution is 2.16. The number of carbonyl (C=O) groups is 2. The molecule has 0 saturated carbocycles. The molecule has 0 aromatic heterocycles. The Balaban J connectivity index is 4.22. The van der Waals surface area contributed by atoms with E-state index in [9.17, 15) is 9.59 Å². The highest BCUT2D eigenvalue weighted by Gasteiger charge is 2.24. The van der Waals surface area contributed by atoms with Gasteiger partial charge < -0.3 is 15.4 Å². The van der Waals surface area contributed by atoms with Crippen LogP contribution in [0.3, 0.4) is 0 Å². The van der Waals surface area contributed by atoms with Gasteiger partial charge in [0.25, 0.3) is 5.91 Å². The number of ether oxygens (including phenoxy) is 1. The molecule has 5 nitrogen and oxygen atoms in total. The van der Waals surface area contributed by atoms with Gasteiger partial charge in [0.2, 0.25) is 0 Å². The molecule has 0 aromatic carbocycles. The molecule has 22 heavy (non-hydrogen) atoms. The van der Waals surface area contributed by atoms with Gasteiger partial charge in [-0.2, -0.15) is 0 Å². The van der Waals surface area contributed by atoms with Crippen LogP contribution in [0.1, 0.15) is 68.2 Å². The molecule has 0 fully saturated rings. The van der Waals surface area contributed by atoms with Crippen LogP contribution in [-0.4, -0.2) is 29.7 Å². The number of rotatable bonds is 8. The summed E-state index contributed by atoms with van der Waals surface area (Å²) in [7, 11) is 0. The van der Waals surface area contributed by atoms with Gasteiger partial charge in [-0.15, -0.1) is 0 Å². The molecule has 5 heteroatoms. The minimum absolute atomic E-state index is 0.259. The number of carbonyl (C=O) groups excluding carboxylic acids is 2. The molecular weight excluding hydrogens is 280 g/mol. The van der Waals surface area contributed by atoms with Gasteiger partial charge in [0.15, 0.2) is 6.61 Å². The molecule has 0 saturated heterocycles. The van der Waals surface area contributed by atoms with Crippen LogP contribution in [-0.2, 0) is 9.53 Å². The number of alkyl carbamates (subject to hydrolysis) is 1. The first-order valence-electron chi connectivity index (χ1n) is 8.09. The van der Waals surface area contributed by atoms with Crippen molar-refractivity contribution in [3.05, 3.63) is 0 Å². The van der Waals surface area contributed by atoms with Gasteiger partial charge in [-0.3, -0.25) is 4.79 Å². The van der Waals surface area contributed by atoms with Crippen molar-refractivity contribution in [3.8, 4) is 0 Å². The topological polar surface area (TPSA) is 67.4 Å². The van der Waals surface area contributed by atoms with Gasteiger partial charge in [-0.05, 0) is 52.4 Å². The molecule has 130 valence electrons. The third-order valence-corrected chi connectivity index (χ3v) is 3.09. The predicted octanol–water partition coefficient (Wildman–Crippen LogP) is 3.48. The summed E-state index contributed by atoms with van der Waals surface area (Å²) in [6.07, 6.45) is 1.16. The van der Waals surface area contributed by atoms with Gasteiger partial charge >= 0.3 is 6.09 Å². The Labute approximate surface area is 135 Å². The van der Waals surface area contributed by atoms with E-state index in [2.05, 4.69) is 38.3 Å². The summed E-state index contributed by atoms with van der Waals surface area (Å²) in [5, 5.41) is 5.69. The average Bonchev–Trinajstić information content (AvgIpc) is 2.20. The Bertz CT molecular complexity index is 338. The number of nitrogens with one attached hydrogen (secondary N) is 2. The number of hydrogen-bond donors (Lipinski definition) is 2. The van der Waals surface area contributed by atoms with E-state index in [1.807, 2.05) is 27.7 Å². The van der Waals surface area contributed by atoms with Crippen LogP contribution in [0.15, 0.2) is 0 Å². The van der Waals surface area contributed by atoms with Crippen molar-refractivity contribution in [2.45, 2.75) is 79.3 Å². The maximum atomic E-state index is 11.9. The lowest BCUT2D eigenvalue weighted by molar-refractivity contribution is -0.125. The Hall–Kier alpha value is -1.26. The fourth-order valence-electron chi connectivity index (χ4n) is 3.00. The van der Waals surface area contributed by atoms with E-state index in [1.54, 1.807) is 0 Å². The molecule has 0 aliphatic carbocycles. The zero-order chi connectivity index (χ0) is 17.6. The number of amides is 2. The fraction of sp³-hybridized carbons (Fsp3) is 0.882. The molecule has 0 unspecified atom stereocenters. The van der Waals surface area contributed by atoms with Crippen molar-refractivity contribution in [2.24, 2.45) is 11.8 Å². The maximum Gasteiger partial charge on any atom is 0.408 e. The van der Waals surface area contributed by atoms with Crippen LogP contribution in [0.5, 0.6) is 0 Å². The molecule has 0 aliphatic rings. The van der Waals surface area contributed by atoms with Gasteiger partial charge in [0, 0.05) is 11.1 Å².